The van der Waals surface area contributed by atoms with Gasteiger partial charge in [0.25, 0.3) is 0 Å². The molecule has 24 heavy (non-hydrogen) atoms. The minimum atomic E-state index is -0.202. The van der Waals surface area contributed by atoms with Crippen LogP contribution in [0.2, 0.25) is 0 Å². The average Bonchev–Trinajstić information content (AvgIpc) is 2.56. The molecule has 0 bridgehead atoms. The molecule has 2 rings (SSSR count). The van der Waals surface area contributed by atoms with Crippen molar-refractivity contribution in [3.05, 3.63) is 53.4 Å². The van der Waals surface area contributed by atoms with E-state index in [1.807, 2.05) is 6.08 Å². The number of piperazine rings is 1. The van der Waals surface area contributed by atoms with Gasteiger partial charge in [0.1, 0.15) is 5.82 Å². The summed E-state index contributed by atoms with van der Waals surface area (Å²) in [6, 6.07) is 6.95. The zero-order valence-corrected chi connectivity index (χ0v) is 14.8. The van der Waals surface area contributed by atoms with Gasteiger partial charge in [-0.3, -0.25) is 9.80 Å². The first-order chi connectivity index (χ1) is 11.6. The number of hydrogen-bond acceptors (Lipinski definition) is 3. The Morgan fingerprint density at radius 1 is 1.21 bits per heavy atom. The third kappa shape index (κ3) is 6.19. The Bertz CT molecular complexity index is 549. The van der Waals surface area contributed by atoms with Crippen molar-refractivity contribution in [1.29, 1.82) is 0 Å². The molecule has 0 aromatic heterocycles. The molecule has 1 unspecified atom stereocenters. The number of allylic oxidation sites excluding steroid dienone is 1. The lowest BCUT2D eigenvalue weighted by Crippen LogP contribution is -2.53. The standard InChI is InChI=1S/C20H29FN2O/c1-17(2)9-12-23-14-13-22(16-20(23)10-15-24)11-3-4-18-5-7-19(21)8-6-18/h3-9,20,24H,10-16H2,1-2H3. The molecule has 1 aromatic rings. The first-order valence-electron chi connectivity index (χ1n) is 8.71. The lowest BCUT2D eigenvalue weighted by Gasteiger charge is -2.40. The van der Waals surface area contributed by atoms with Crippen molar-refractivity contribution < 1.29 is 9.50 Å². The van der Waals surface area contributed by atoms with Gasteiger partial charge in [-0.25, -0.2) is 4.39 Å². The topological polar surface area (TPSA) is 26.7 Å². The van der Waals surface area contributed by atoms with Crippen molar-refractivity contribution in [2.24, 2.45) is 0 Å². The molecule has 1 fully saturated rings. The summed E-state index contributed by atoms with van der Waals surface area (Å²) in [5.41, 5.74) is 2.35. The first kappa shape index (κ1) is 18.8. The minimum Gasteiger partial charge on any atom is -0.396 e. The van der Waals surface area contributed by atoms with Crippen molar-refractivity contribution in [3.63, 3.8) is 0 Å². The molecule has 1 heterocycles. The molecule has 1 aliphatic heterocycles. The number of benzene rings is 1. The number of rotatable bonds is 7. The van der Waals surface area contributed by atoms with Crippen LogP contribution in [0.1, 0.15) is 25.8 Å². The van der Waals surface area contributed by atoms with Crippen molar-refractivity contribution in [3.8, 4) is 0 Å². The Hall–Kier alpha value is -1.49. The number of hydrogen-bond donors (Lipinski definition) is 1. The monoisotopic (exact) mass is 332 g/mol. The summed E-state index contributed by atoms with van der Waals surface area (Å²) in [6.45, 7) is 9.36. The molecule has 132 valence electrons. The maximum atomic E-state index is 12.9. The van der Waals surface area contributed by atoms with Gasteiger partial charge in [-0.05, 0) is 38.0 Å². The fourth-order valence-corrected chi connectivity index (χ4v) is 3.00. The largest absolute Gasteiger partial charge is 0.396 e. The van der Waals surface area contributed by atoms with E-state index in [0.29, 0.717) is 6.04 Å². The molecule has 0 aliphatic carbocycles. The van der Waals surface area contributed by atoms with Crippen LogP contribution < -0.4 is 0 Å². The summed E-state index contributed by atoms with van der Waals surface area (Å²) in [4.78, 5) is 4.88. The highest BCUT2D eigenvalue weighted by molar-refractivity contribution is 5.48. The quantitative estimate of drug-likeness (QED) is 0.777. The Kier molecular flexibility index (Phi) is 7.63. The Morgan fingerprint density at radius 2 is 1.96 bits per heavy atom. The predicted octanol–water partition coefficient (Wildman–Crippen LogP) is 3.17. The summed E-state index contributed by atoms with van der Waals surface area (Å²) in [5.74, 6) is -0.202. The Labute approximate surface area is 145 Å². The van der Waals surface area contributed by atoms with Gasteiger partial charge in [0, 0.05) is 45.4 Å². The zero-order chi connectivity index (χ0) is 17.4. The van der Waals surface area contributed by atoms with E-state index in [2.05, 4.69) is 35.8 Å². The second-order valence-electron chi connectivity index (χ2n) is 6.66. The maximum Gasteiger partial charge on any atom is 0.123 e. The molecular weight excluding hydrogens is 303 g/mol. The summed E-state index contributed by atoms with van der Waals surface area (Å²) in [7, 11) is 0. The van der Waals surface area contributed by atoms with Crippen LogP contribution in [0.25, 0.3) is 6.08 Å². The van der Waals surface area contributed by atoms with E-state index in [4.69, 9.17) is 0 Å². The van der Waals surface area contributed by atoms with E-state index in [1.54, 1.807) is 12.1 Å². The molecule has 1 aliphatic rings. The average molecular weight is 332 g/mol. The Morgan fingerprint density at radius 3 is 2.62 bits per heavy atom. The van der Waals surface area contributed by atoms with Crippen molar-refractivity contribution in [2.45, 2.75) is 26.3 Å². The molecule has 0 amide bonds. The molecule has 0 radical (unpaired) electrons. The van der Waals surface area contributed by atoms with Crippen LogP contribution in [-0.2, 0) is 0 Å². The van der Waals surface area contributed by atoms with Gasteiger partial charge in [0.05, 0.1) is 0 Å². The molecule has 0 spiro atoms. The van der Waals surface area contributed by atoms with E-state index in [9.17, 15) is 9.50 Å². The van der Waals surface area contributed by atoms with Gasteiger partial charge in [-0.1, -0.05) is 35.9 Å². The van der Waals surface area contributed by atoms with E-state index in [-0.39, 0.29) is 12.4 Å². The van der Waals surface area contributed by atoms with Crippen LogP contribution in [0, 0.1) is 5.82 Å². The highest BCUT2D eigenvalue weighted by Gasteiger charge is 2.25. The van der Waals surface area contributed by atoms with Crippen LogP contribution in [0.5, 0.6) is 0 Å². The molecular formula is C20H29FN2O. The lowest BCUT2D eigenvalue weighted by atomic mass is 10.1. The summed E-state index contributed by atoms with van der Waals surface area (Å²) < 4.78 is 12.9. The van der Waals surface area contributed by atoms with Gasteiger partial charge in [-0.15, -0.1) is 0 Å². The van der Waals surface area contributed by atoms with Crippen LogP contribution in [-0.4, -0.2) is 60.3 Å². The highest BCUT2D eigenvalue weighted by atomic mass is 19.1. The molecule has 1 aromatic carbocycles. The van der Waals surface area contributed by atoms with Gasteiger partial charge >= 0.3 is 0 Å². The third-order valence-electron chi connectivity index (χ3n) is 4.43. The van der Waals surface area contributed by atoms with Crippen molar-refractivity contribution in [2.75, 3.05) is 39.3 Å². The summed E-state index contributed by atoms with van der Waals surface area (Å²) in [6.07, 6.45) is 7.24. The number of aliphatic hydroxyl groups is 1. The third-order valence-corrected chi connectivity index (χ3v) is 4.43. The number of nitrogens with zero attached hydrogens (tertiary/aromatic N) is 2. The molecule has 1 saturated heterocycles. The number of aliphatic hydroxyl groups excluding tert-OH is 1. The van der Waals surface area contributed by atoms with Gasteiger partial charge in [0.15, 0.2) is 0 Å². The maximum absolute atomic E-state index is 12.9. The van der Waals surface area contributed by atoms with E-state index in [1.165, 1.54) is 17.7 Å². The SMILES string of the molecule is CC(C)=CCN1CCN(CC=Cc2ccc(F)cc2)CC1CCO. The van der Waals surface area contributed by atoms with Crippen molar-refractivity contribution >= 4 is 6.08 Å². The van der Waals surface area contributed by atoms with E-state index >= 15 is 0 Å². The summed E-state index contributed by atoms with van der Waals surface area (Å²) >= 11 is 0. The minimum absolute atomic E-state index is 0.202. The normalized spacial score (nSPS) is 19.8. The molecule has 4 heteroatoms. The highest BCUT2D eigenvalue weighted by Crippen LogP contribution is 2.14. The smallest absolute Gasteiger partial charge is 0.123 e. The van der Waals surface area contributed by atoms with Crippen LogP contribution in [0.4, 0.5) is 4.39 Å². The second-order valence-corrected chi connectivity index (χ2v) is 6.66. The first-order valence-corrected chi connectivity index (χ1v) is 8.71. The molecule has 1 N–H and O–H groups in total. The van der Waals surface area contributed by atoms with E-state index in [0.717, 1.165) is 44.7 Å². The van der Waals surface area contributed by atoms with Gasteiger partial charge < -0.3 is 5.11 Å². The molecule has 1 atom stereocenters. The Balaban J connectivity index is 1.86. The molecule has 0 saturated carbocycles. The zero-order valence-electron chi connectivity index (χ0n) is 14.8. The summed E-state index contributed by atoms with van der Waals surface area (Å²) in [5, 5.41) is 9.34. The van der Waals surface area contributed by atoms with Crippen LogP contribution in [0.3, 0.4) is 0 Å². The number of halogens is 1. The van der Waals surface area contributed by atoms with Crippen LogP contribution in [0.15, 0.2) is 42.0 Å². The fraction of sp³-hybridized carbons (Fsp3) is 0.500. The van der Waals surface area contributed by atoms with E-state index < -0.39 is 0 Å². The lowest BCUT2D eigenvalue weighted by molar-refractivity contribution is 0.0743. The van der Waals surface area contributed by atoms with Gasteiger partial charge in [0.2, 0.25) is 0 Å². The predicted molar refractivity (Wildman–Crippen MR) is 98.4 cm³/mol. The van der Waals surface area contributed by atoms with Crippen molar-refractivity contribution in [1.82, 2.24) is 9.80 Å². The molecule has 3 nitrogen and oxygen atoms in total. The van der Waals surface area contributed by atoms with Crippen LogP contribution >= 0.6 is 0 Å². The second kappa shape index (κ2) is 9.72. The fourth-order valence-electron chi connectivity index (χ4n) is 3.00. The van der Waals surface area contributed by atoms with Gasteiger partial charge in [-0.2, -0.15) is 0 Å².